The fraction of sp³-hybridized carbons (Fsp3) is 0.385. The predicted molar refractivity (Wildman–Crippen MR) is 70.6 cm³/mol. The van der Waals surface area contributed by atoms with E-state index in [2.05, 4.69) is 15.9 Å². The molecule has 1 aromatic carbocycles. The minimum atomic E-state index is -1.32. The molecule has 0 aromatic heterocycles. The van der Waals surface area contributed by atoms with E-state index in [1.54, 1.807) is 19.1 Å². The second-order valence-corrected chi connectivity index (χ2v) is 5.48. The molecule has 2 atom stereocenters. The van der Waals surface area contributed by atoms with Crippen LogP contribution in [-0.2, 0) is 9.59 Å². The summed E-state index contributed by atoms with van der Waals surface area (Å²) in [5, 5.41) is 18.2. The number of benzene rings is 1. The van der Waals surface area contributed by atoms with E-state index in [4.69, 9.17) is 5.11 Å². The zero-order valence-corrected chi connectivity index (χ0v) is 11.8. The number of carboxylic acids is 2. The van der Waals surface area contributed by atoms with Gasteiger partial charge in [-0.05, 0) is 30.5 Å². The van der Waals surface area contributed by atoms with Crippen molar-refractivity contribution in [1.82, 2.24) is 0 Å². The second kappa shape index (κ2) is 5.52. The van der Waals surface area contributed by atoms with E-state index in [1.165, 1.54) is 6.92 Å². The molecule has 0 fully saturated rings. The Hall–Kier alpha value is -1.36. The minimum Gasteiger partial charge on any atom is -0.481 e. The zero-order chi connectivity index (χ0) is 13.9. The van der Waals surface area contributed by atoms with Gasteiger partial charge < -0.3 is 10.2 Å². The van der Waals surface area contributed by atoms with Crippen molar-refractivity contribution in [2.75, 3.05) is 0 Å². The van der Waals surface area contributed by atoms with E-state index in [1.807, 2.05) is 12.1 Å². The van der Waals surface area contributed by atoms with E-state index in [0.717, 1.165) is 10.0 Å². The molecule has 0 aliphatic carbocycles. The highest BCUT2D eigenvalue weighted by Crippen LogP contribution is 2.39. The fourth-order valence-electron chi connectivity index (χ4n) is 1.85. The maximum Gasteiger partial charge on any atom is 0.310 e. The van der Waals surface area contributed by atoms with Crippen LogP contribution in [0.1, 0.15) is 31.7 Å². The molecule has 2 N–H and O–H groups in total. The third-order valence-electron chi connectivity index (χ3n) is 3.33. The van der Waals surface area contributed by atoms with Crippen LogP contribution < -0.4 is 0 Å². The third kappa shape index (κ3) is 3.10. The van der Waals surface area contributed by atoms with Crippen LogP contribution in [0.4, 0.5) is 0 Å². The van der Waals surface area contributed by atoms with Crippen LogP contribution in [0.25, 0.3) is 0 Å². The van der Waals surface area contributed by atoms with Gasteiger partial charge in [0.2, 0.25) is 0 Å². The van der Waals surface area contributed by atoms with Crippen molar-refractivity contribution in [3.05, 3.63) is 34.3 Å². The largest absolute Gasteiger partial charge is 0.481 e. The van der Waals surface area contributed by atoms with Gasteiger partial charge >= 0.3 is 11.9 Å². The van der Waals surface area contributed by atoms with Crippen molar-refractivity contribution in [1.29, 1.82) is 0 Å². The number of rotatable bonds is 5. The van der Waals surface area contributed by atoms with Crippen molar-refractivity contribution < 1.29 is 19.8 Å². The highest BCUT2D eigenvalue weighted by atomic mass is 79.9. The molecule has 98 valence electrons. The highest BCUT2D eigenvalue weighted by molar-refractivity contribution is 9.10. The monoisotopic (exact) mass is 314 g/mol. The molecule has 0 aliphatic rings. The maximum absolute atomic E-state index is 11.4. The summed E-state index contributed by atoms with van der Waals surface area (Å²) in [7, 11) is 0. The van der Waals surface area contributed by atoms with Crippen LogP contribution in [0, 0.1) is 5.41 Å². The van der Waals surface area contributed by atoms with Crippen molar-refractivity contribution in [2.24, 2.45) is 5.41 Å². The SMILES string of the molecule is C[C@H](c1ccc(Br)cc1)[C@](C)(CC(=O)O)C(=O)O. The van der Waals surface area contributed by atoms with Crippen LogP contribution in [0.5, 0.6) is 0 Å². The average molecular weight is 315 g/mol. The van der Waals surface area contributed by atoms with Crippen molar-refractivity contribution in [2.45, 2.75) is 26.2 Å². The second-order valence-electron chi connectivity index (χ2n) is 4.57. The van der Waals surface area contributed by atoms with Crippen molar-refractivity contribution in [3.8, 4) is 0 Å². The summed E-state index contributed by atoms with van der Waals surface area (Å²) in [6, 6.07) is 7.24. The van der Waals surface area contributed by atoms with E-state index in [9.17, 15) is 14.7 Å². The average Bonchev–Trinajstić information content (AvgIpc) is 2.27. The first-order valence-corrected chi connectivity index (χ1v) is 6.27. The lowest BCUT2D eigenvalue weighted by Crippen LogP contribution is -2.35. The molecule has 0 aliphatic heterocycles. The van der Waals surface area contributed by atoms with Crippen LogP contribution in [-0.4, -0.2) is 22.2 Å². The van der Waals surface area contributed by atoms with Gasteiger partial charge in [0.1, 0.15) is 0 Å². The molecule has 0 radical (unpaired) electrons. The molecule has 1 rings (SSSR count). The smallest absolute Gasteiger partial charge is 0.310 e. The normalized spacial score (nSPS) is 15.7. The first kappa shape index (κ1) is 14.7. The summed E-state index contributed by atoms with van der Waals surface area (Å²) >= 11 is 3.30. The quantitative estimate of drug-likeness (QED) is 0.875. The van der Waals surface area contributed by atoms with Crippen LogP contribution in [0.15, 0.2) is 28.7 Å². The molecule has 0 saturated carbocycles. The van der Waals surface area contributed by atoms with Crippen molar-refractivity contribution in [3.63, 3.8) is 0 Å². The Kier molecular flexibility index (Phi) is 4.51. The summed E-state index contributed by atoms with van der Waals surface area (Å²) in [5.74, 6) is -2.59. The first-order chi connectivity index (χ1) is 8.27. The van der Waals surface area contributed by atoms with E-state index < -0.39 is 23.8 Å². The number of hydrogen-bond acceptors (Lipinski definition) is 2. The molecule has 0 saturated heterocycles. The van der Waals surface area contributed by atoms with E-state index in [0.29, 0.717) is 0 Å². The lowest BCUT2D eigenvalue weighted by atomic mass is 9.72. The first-order valence-electron chi connectivity index (χ1n) is 5.48. The van der Waals surface area contributed by atoms with Gasteiger partial charge in [0, 0.05) is 4.47 Å². The Morgan fingerprint density at radius 3 is 2.17 bits per heavy atom. The molecule has 0 spiro atoms. The zero-order valence-electron chi connectivity index (χ0n) is 10.2. The number of halogens is 1. The van der Waals surface area contributed by atoms with Crippen LogP contribution in [0.3, 0.4) is 0 Å². The van der Waals surface area contributed by atoms with Gasteiger partial charge in [-0.1, -0.05) is 35.0 Å². The molecule has 5 heteroatoms. The molecule has 0 bridgehead atoms. The van der Waals surface area contributed by atoms with E-state index in [-0.39, 0.29) is 5.92 Å². The van der Waals surface area contributed by atoms with Gasteiger partial charge in [0.05, 0.1) is 11.8 Å². The summed E-state index contributed by atoms with van der Waals surface area (Å²) in [6.07, 6.45) is -0.403. The Labute approximate surface area is 114 Å². The Morgan fingerprint density at radius 2 is 1.78 bits per heavy atom. The molecule has 0 unspecified atom stereocenters. The van der Waals surface area contributed by atoms with Gasteiger partial charge in [-0.15, -0.1) is 0 Å². The fourth-order valence-corrected chi connectivity index (χ4v) is 2.11. The molecule has 4 nitrogen and oxygen atoms in total. The lowest BCUT2D eigenvalue weighted by molar-refractivity contribution is -0.156. The van der Waals surface area contributed by atoms with E-state index >= 15 is 0 Å². The van der Waals surface area contributed by atoms with Gasteiger partial charge in [-0.25, -0.2) is 0 Å². The summed E-state index contributed by atoms with van der Waals surface area (Å²) in [5.41, 5.74) is -0.510. The van der Waals surface area contributed by atoms with Gasteiger partial charge in [-0.2, -0.15) is 0 Å². The van der Waals surface area contributed by atoms with Crippen LogP contribution in [0.2, 0.25) is 0 Å². The Balaban J connectivity index is 3.10. The summed E-state index contributed by atoms with van der Waals surface area (Å²) in [6.45, 7) is 3.20. The minimum absolute atomic E-state index is 0.390. The summed E-state index contributed by atoms with van der Waals surface area (Å²) in [4.78, 5) is 22.2. The molecular formula is C13H15BrO4. The predicted octanol–water partition coefficient (Wildman–Crippen LogP) is 3.12. The topological polar surface area (TPSA) is 74.6 Å². The van der Waals surface area contributed by atoms with Crippen LogP contribution >= 0.6 is 15.9 Å². The number of hydrogen-bond donors (Lipinski definition) is 2. The standard InChI is InChI=1S/C13H15BrO4/c1-8(9-3-5-10(14)6-4-9)13(2,12(17)18)7-11(15)16/h3-6,8H,7H2,1-2H3,(H,15,16)(H,17,18)/t8-,13+/m1/s1. The van der Waals surface area contributed by atoms with Gasteiger partial charge in [0.25, 0.3) is 0 Å². The maximum atomic E-state index is 11.4. The third-order valence-corrected chi connectivity index (χ3v) is 3.86. The lowest BCUT2D eigenvalue weighted by Gasteiger charge is -2.30. The number of carboxylic acid groups (broad SMARTS) is 2. The molecule has 18 heavy (non-hydrogen) atoms. The molecular weight excluding hydrogens is 300 g/mol. The Bertz CT molecular complexity index is 455. The molecule has 1 aromatic rings. The van der Waals surface area contributed by atoms with Crippen molar-refractivity contribution >= 4 is 27.9 Å². The van der Waals surface area contributed by atoms with Gasteiger partial charge in [0.15, 0.2) is 0 Å². The molecule has 0 amide bonds. The summed E-state index contributed by atoms with van der Waals surface area (Å²) < 4.78 is 0.897. The molecule has 0 heterocycles. The number of carbonyl (C=O) groups is 2. The number of aliphatic carboxylic acids is 2. The van der Waals surface area contributed by atoms with Gasteiger partial charge in [-0.3, -0.25) is 9.59 Å². The highest BCUT2D eigenvalue weighted by Gasteiger charge is 2.41. The Morgan fingerprint density at radius 1 is 1.28 bits per heavy atom.